The van der Waals surface area contributed by atoms with E-state index < -0.39 is 12.1 Å². The van der Waals surface area contributed by atoms with Gasteiger partial charge in [0.1, 0.15) is 0 Å². The SMILES string of the molecule is C=CC(=O)OC(C=O)CCCCCCCCCCCCCCCCCC. The molecule has 0 amide bonds. The lowest BCUT2D eigenvalue weighted by molar-refractivity contribution is -0.146. The summed E-state index contributed by atoms with van der Waals surface area (Å²) in [5.74, 6) is -0.515. The summed E-state index contributed by atoms with van der Waals surface area (Å²) in [4.78, 5) is 21.9. The Morgan fingerprint density at radius 1 is 0.769 bits per heavy atom. The molecule has 0 heterocycles. The van der Waals surface area contributed by atoms with Crippen molar-refractivity contribution in [1.29, 1.82) is 0 Å². The van der Waals surface area contributed by atoms with Gasteiger partial charge in [0, 0.05) is 6.08 Å². The van der Waals surface area contributed by atoms with E-state index in [4.69, 9.17) is 4.74 Å². The van der Waals surface area contributed by atoms with Crippen LogP contribution in [0.1, 0.15) is 116 Å². The van der Waals surface area contributed by atoms with Gasteiger partial charge in [-0.3, -0.25) is 4.79 Å². The fourth-order valence-electron chi connectivity index (χ4n) is 3.25. The summed E-state index contributed by atoms with van der Waals surface area (Å²) < 4.78 is 4.95. The van der Waals surface area contributed by atoms with Gasteiger partial charge in [-0.15, -0.1) is 0 Å². The van der Waals surface area contributed by atoms with Crippen LogP contribution in [0.5, 0.6) is 0 Å². The Labute approximate surface area is 162 Å². The molecular formula is C23H42O3. The number of rotatable bonds is 20. The monoisotopic (exact) mass is 366 g/mol. The van der Waals surface area contributed by atoms with Crippen molar-refractivity contribution < 1.29 is 14.3 Å². The van der Waals surface area contributed by atoms with Crippen LogP contribution in [0.4, 0.5) is 0 Å². The molecule has 0 radical (unpaired) electrons. The van der Waals surface area contributed by atoms with Gasteiger partial charge in [0.25, 0.3) is 0 Å². The quantitative estimate of drug-likeness (QED) is 0.101. The second-order valence-corrected chi connectivity index (χ2v) is 7.41. The van der Waals surface area contributed by atoms with Crippen LogP contribution in [-0.4, -0.2) is 18.4 Å². The van der Waals surface area contributed by atoms with E-state index in [1.165, 1.54) is 89.9 Å². The Bertz CT molecular complexity index is 338. The largest absolute Gasteiger partial charge is 0.452 e. The highest BCUT2D eigenvalue weighted by Gasteiger charge is 2.10. The fourth-order valence-corrected chi connectivity index (χ4v) is 3.25. The van der Waals surface area contributed by atoms with Crippen LogP contribution in [0.15, 0.2) is 12.7 Å². The first-order valence-electron chi connectivity index (χ1n) is 11.0. The van der Waals surface area contributed by atoms with Crippen molar-refractivity contribution in [2.45, 2.75) is 122 Å². The predicted molar refractivity (Wildman–Crippen MR) is 110 cm³/mol. The number of esters is 1. The van der Waals surface area contributed by atoms with Crippen molar-refractivity contribution in [3.05, 3.63) is 12.7 Å². The molecule has 1 unspecified atom stereocenters. The van der Waals surface area contributed by atoms with Crippen molar-refractivity contribution in [3.63, 3.8) is 0 Å². The molecule has 0 saturated heterocycles. The molecule has 0 saturated carbocycles. The van der Waals surface area contributed by atoms with Crippen LogP contribution in [-0.2, 0) is 14.3 Å². The van der Waals surface area contributed by atoms with Crippen molar-refractivity contribution in [3.8, 4) is 0 Å². The van der Waals surface area contributed by atoms with Crippen LogP contribution in [0.3, 0.4) is 0 Å². The fraction of sp³-hybridized carbons (Fsp3) is 0.826. The van der Waals surface area contributed by atoms with E-state index in [1.54, 1.807) is 0 Å². The van der Waals surface area contributed by atoms with Gasteiger partial charge in [0.05, 0.1) is 0 Å². The molecule has 152 valence electrons. The van der Waals surface area contributed by atoms with Crippen molar-refractivity contribution in [2.75, 3.05) is 0 Å². The molecule has 0 bridgehead atoms. The first kappa shape index (κ1) is 24.9. The van der Waals surface area contributed by atoms with E-state index >= 15 is 0 Å². The van der Waals surface area contributed by atoms with Gasteiger partial charge in [-0.25, -0.2) is 4.79 Å². The summed E-state index contributed by atoms with van der Waals surface area (Å²) in [6.45, 7) is 5.61. The number of carbonyl (C=O) groups is 2. The number of aldehydes is 1. The Morgan fingerprint density at radius 3 is 1.50 bits per heavy atom. The third kappa shape index (κ3) is 17.7. The topological polar surface area (TPSA) is 43.4 Å². The van der Waals surface area contributed by atoms with Gasteiger partial charge >= 0.3 is 5.97 Å². The molecule has 0 aliphatic rings. The molecule has 0 N–H and O–H groups in total. The number of hydrogen-bond acceptors (Lipinski definition) is 3. The van der Waals surface area contributed by atoms with Gasteiger partial charge in [-0.2, -0.15) is 0 Å². The first-order chi connectivity index (χ1) is 12.7. The van der Waals surface area contributed by atoms with Crippen molar-refractivity contribution >= 4 is 12.3 Å². The Morgan fingerprint density at radius 2 is 1.15 bits per heavy atom. The van der Waals surface area contributed by atoms with Crippen molar-refractivity contribution in [1.82, 2.24) is 0 Å². The van der Waals surface area contributed by atoms with Gasteiger partial charge in [0.2, 0.25) is 0 Å². The van der Waals surface area contributed by atoms with Crippen LogP contribution in [0, 0.1) is 0 Å². The lowest BCUT2D eigenvalue weighted by atomic mass is 10.0. The van der Waals surface area contributed by atoms with E-state index in [0.717, 1.165) is 18.9 Å². The van der Waals surface area contributed by atoms with E-state index in [2.05, 4.69) is 13.5 Å². The van der Waals surface area contributed by atoms with Gasteiger partial charge in [-0.1, -0.05) is 110 Å². The molecule has 0 rings (SSSR count). The number of hydrogen-bond donors (Lipinski definition) is 0. The highest BCUT2D eigenvalue weighted by Crippen LogP contribution is 2.14. The van der Waals surface area contributed by atoms with Crippen LogP contribution < -0.4 is 0 Å². The minimum Gasteiger partial charge on any atom is -0.452 e. The predicted octanol–water partition coefficient (Wildman–Crippen LogP) is 6.93. The second-order valence-electron chi connectivity index (χ2n) is 7.41. The summed E-state index contributed by atoms with van der Waals surface area (Å²) in [7, 11) is 0. The zero-order chi connectivity index (χ0) is 19.3. The number of ether oxygens (including phenoxy) is 1. The third-order valence-electron chi connectivity index (χ3n) is 4.93. The Balaban J connectivity index is 3.22. The normalized spacial score (nSPS) is 11.9. The lowest BCUT2D eigenvalue weighted by Crippen LogP contribution is -2.18. The second kappa shape index (κ2) is 20.2. The minimum atomic E-state index is -0.604. The smallest absolute Gasteiger partial charge is 0.330 e. The first-order valence-corrected chi connectivity index (χ1v) is 11.0. The van der Waals surface area contributed by atoms with E-state index in [1.807, 2.05) is 0 Å². The molecule has 26 heavy (non-hydrogen) atoms. The van der Waals surface area contributed by atoms with Gasteiger partial charge in [-0.05, 0) is 12.8 Å². The third-order valence-corrected chi connectivity index (χ3v) is 4.93. The average Bonchev–Trinajstić information content (AvgIpc) is 2.66. The van der Waals surface area contributed by atoms with Gasteiger partial charge in [0.15, 0.2) is 12.4 Å². The highest BCUT2D eigenvalue weighted by molar-refractivity contribution is 5.82. The highest BCUT2D eigenvalue weighted by atomic mass is 16.5. The summed E-state index contributed by atoms with van der Waals surface area (Å²) in [6.07, 6.45) is 23.1. The standard InChI is InChI=1S/C23H42O3/c1-3-5-6-7-8-9-10-11-12-13-14-15-16-17-18-19-20-22(21-24)26-23(25)4-2/h4,21-22H,2-3,5-20H2,1H3. The molecule has 3 nitrogen and oxygen atoms in total. The number of unbranched alkanes of at least 4 members (excludes halogenated alkanes) is 15. The zero-order valence-electron chi connectivity index (χ0n) is 17.2. The molecule has 1 atom stereocenters. The molecular weight excluding hydrogens is 324 g/mol. The zero-order valence-corrected chi connectivity index (χ0v) is 17.2. The Kier molecular flexibility index (Phi) is 19.3. The molecule has 0 aromatic carbocycles. The molecule has 0 aromatic heterocycles. The maximum Gasteiger partial charge on any atom is 0.330 e. The average molecular weight is 367 g/mol. The maximum atomic E-state index is 11.1. The molecule has 0 aliphatic carbocycles. The van der Waals surface area contributed by atoms with Crippen LogP contribution in [0.25, 0.3) is 0 Å². The van der Waals surface area contributed by atoms with Crippen LogP contribution in [0.2, 0.25) is 0 Å². The summed E-state index contributed by atoms with van der Waals surface area (Å²) >= 11 is 0. The summed E-state index contributed by atoms with van der Waals surface area (Å²) in [5.41, 5.74) is 0. The van der Waals surface area contributed by atoms with E-state index in [9.17, 15) is 9.59 Å². The minimum absolute atomic E-state index is 0.515. The molecule has 0 aromatic rings. The molecule has 0 spiro atoms. The number of carbonyl (C=O) groups excluding carboxylic acids is 2. The van der Waals surface area contributed by atoms with E-state index in [-0.39, 0.29) is 0 Å². The van der Waals surface area contributed by atoms with E-state index in [0.29, 0.717) is 12.7 Å². The Hall–Kier alpha value is -1.12. The molecule has 3 heteroatoms. The lowest BCUT2D eigenvalue weighted by Gasteiger charge is -2.10. The summed E-state index contributed by atoms with van der Waals surface area (Å²) in [6, 6.07) is 0. The molecule has 0 fully saturated rings. The summed E-state index contributed by atoms with van der Waals surface area (Å²) in [5, 5.41) is 0. The molecule has 0 aliphatic heterocycles. The van der Waals surface area contributed by atoms with Crippen LogP contribution >= 0.6 is 0 Å². The maximum absolute atomic E-state index is 11.1. The van der Waals surface area contributed by atoms with Gasteiger partial charge < -0.3 is 4.74 Å². The van der Waals surface area contributed by atoms with Crippen molar-refractivity contribution in [2.24, 2.45) is 0 Å².